The van der Waals surface area contributed by atoms with Gasteiger partial charge in [-0.25, -0.2) is 14.3 Å². The van der Waals surface area contributed by atoms with Gasteiger partial charge in [0.25, 0.3) is 17.5 Å². The van der Waals surface area contributed by atoms with E-state index >= 15 is 0 Å². The third-order valence-electron chi connectivity index (χ3n) is 4.62. The van der Waals surface area contributed by atoms with Crippen LogP contribution in [0.1, 0.15) is 33.5 Å². The van der Waals surface area contributed by atoms with E-state index < -0.39 is 18.0 Å². The van der Waals surface area contributed by atoms with Gasteiger partial charge < -0.3 is 10.1 Å². The van der Waals surface area contributed by atoms with Gasteiger partial charge >= 0.3 is 5.97 Å². The van der Waals surface area contributed by atoms with E-state index in [9.17, 15) is 9.59 Å². The summed E-state index contributed by atoms with van der Waals surface area (Å²) in [6.07, 6.45) is 0.357. The minimum atomic E-state index is -1.21. The van der Waals surface area contributed by atoms with Crippen LogP contribution < -0.4 is 5.32 Å². The summed E-state index contributed by atoms with van der Waals surface area (Å²) in [5, 5.41) is 7.40. The summed E-state index contributed by atoms with van der Waals surface area (Å²) in [7, 11) is 0. The van der Waals surface area contributed by atoms with Gasteiger partial charge in [-0.15, -0.1) is 5.10 Å². The van der Waals surface area contributed by atoms with Gasteiger partial charge in [0.1, 0.15) is 0 Å². The van der Waals surface area contributed by atoms with Gasteiger partial charge in [0.05, 0.1) is 0 Å². The average Bonchev–Trinajstić information content (AvgIpc) is 3.21. The molecule has 1 amide bonds. The molecule has 0 radical (unpaired) electrons. The Morgan fingerprint density at radius 1 is 1.10 bits per heavy atom. The van der Waals surface area contributed by atoms with Crippen molar-refractivity contribution < 1.29 is 14.3 Å². The number of anilines is 1. The number of esters is 1. The first-order valence-corrected chi connectivity index (χ1v) is 9.81. The molecule has 31 heavy (non-hydrogen) atoms. The van der Waals surface area contributed by atoms with Crippen LogP contribution in [0.3, 0.4) is 0 Å². The van der Waals surface area contributed by atoms with Crippen molar-refractivity contribution in [3.8, 4) is 0 Å². The van der Waals surface area contributed by atoms with Crippen molar-refractivity contribution in [1.82, 2.24) is 19.6 Å². The number of nitrogens with one attached hydrogen (secondary N) is 1. The van der Waals surface area contributed by atoms with Crippen molar-refractivity contribution in [3.05, 3.63) is 88.5 Å². The minimum absolute atomic E-state index is 0.186. The highest BCUT2D eigenvalue weighted by molar-refractivity contribution is 6.31. The van der Waals surface area contributed by atoms with Crippen LogP contribution in [0.15, 0.2) is 60.8 Å². The molecule has 2 heterocycles. The number of rotatable bonds is 5. The van der Waals surface area contributed by atoms with Crippen molar-refractivity contribution >= 4 is 34.9 Å². The lowest BCUT2D eigenvalue weighted by atomic mass is 10.1. The highest BCUT2D eigenvalue weighted by atomic mass is 35.5. The molecule has 156 valence electrons. The van der Waals surface area contributed by atoms with Crippen LogP contribution in [0, 0.1) is 13.8 Å². The van der Waals surface area contributed by atoms with Gasteiger partial charge in [-0.2, -0.15) is 4.98 Å². The molecule has 0 spiro atoms. The summed E-state index contributed by atoms with van der Waals surface area (Å²) in [6, 6.07) is 15.6. The number of halogens is 1. The molecule has 0 saturated carbocycles. The maximum atomic E-state index is 13.0. The number of fused-ring (bicyclic) bond motifs is 1. The Kier molecular flexibility index (Phi) is 5.64. The predicted molar refractivity (Wildman–Crippen MR) is 115 cm³/mol. The number of carbonyl (C=O) groups is 2. The van der Waals surface area contributed by atoms with E-state index in [1.54, 1.807) is 60.8 Å². The summed E-state index contributed by atoms with van der Waals surface area (Å²) in [6.45, 7) is 3.67. The lowest BCUT2D eigenvalue weighted by Crippen LogP contribution is -2.26. The van der Waals surface area contributed by atoms with E-state index in [1.807, 2.05) is 13.8 Å². The number of aromatic nitrogens is 4. The number of hydrogen-bond acceptors (Lipinski definition) is 6. The maximum Gasteiger partial charge on any atom is 0.379 e. The lowest BCUT2D eigenvalue weighted by molar-refractivity contribution is -0.125. The summed E-state index contributed by atoms with van der Waals surface area (Å²) in [5.74, 6) is -1.29. The molecule has 2 aromatic carbocycles. The third kappa shape index (κ3) is 4.39. The first kappa shape index (κ1) is 20.5. The highest BCUT2D eigenvalue weighted by Crippen LogP contribution is 2.24. The molecule has 0 fully saturated rings. The van der Waals surface area contributed by atoms with E-state index in [0.717, 1.165) is 11.3 Å². The van der Waals surface area contributed by atoms with Crippen LogP contribution >= 0.6 is 11.6 Å². The van der Waals surface area contributed by atoms with Crippen LogP contribution in [0.4, 0.5) is 5.69 Å². The number of hydrogen-bond donors (Lipinski definition) is 1. The Hall–Kier alpha value is -3.78. The molecular formula is C22H18ClN5O3. The van der Waals surface area contributed by atoms with Gasteiger partial charge in [0, 0.05) is 28.2 Å². The molecular weight excluding hydrogens is 418 g/mol. The smallest absolute Gasteiger partial charge is 0.379 e. The van der Waals surface area contributed by atoms with Crippen LogP contribution in [0.25, 0.3) is 5.78 Å². The van der Waals surface area contributed by atoms with Crippen molar-refractivity contribution in [3.63, 3.8) is 0 Å². The molecule has 4 rings (SSSR count). The summed E-state index contributed by atoms with van der Waals surface area (Å²) in [4.78, 5) is 34.0. The fraction of sp³-hybridized carbons (Fsp3) is 0.136. The summed E-state index contributed by atoms with van der Waals surface area (Å²) < 4.78 is 6.96. The molecule has 9 heteroatoms. The number of amides is 1. The van der Waals surface area contributed by atoms with Crippen LogP contribution in [0.5, 0.6) is 0 Å². The van der Waals surface area contributed by atoms with Crippen LogP contribution in [-0.2, 0) is 9.53 Å². The van der Waals surface area contributed by atoms with Gasteiger partial charge in [-0.05, 0) is 37.6 Å². The monoisotopic (exact) mass is 435 g/mol. The third-order valence-corrected chi connectivity index (χ3v) is 5.02. The molecule has 1 N–H and O–H groups in total. The van der Waals surface area contributed by atoms with E-state index in [-0.39, 0.29) is 11.6 Å². The number of ether oxygens (including phenoxy) is 1. The Morgan fingerprint density at radius 3 is 2.58 bits per heavy atom. The van der Waals surface area contributed by atoms with Gasteiger partial charge in [0.2, 0.25) is 6.10 Å². The quantitative estimate of drug-likeness (QED) is 0.477. The SMILES string of the molecule is Cc1ccc(NC(=O)C(OC(=O)c2nc3nccc(C)n3n2)c2ccccc2)cc1Cl. The largest absolute Gasteiger partial charge is 0.441 e. The van der Waals surface area contributed by atoms with Crippen molar-refractivity contribution in [1.29, 1.82) is 0 Å². The van der Waals surface area contributed by atoms with Gasteiger partial charge in [-0.1, -0.05) is 48.0 Å². The molecule has 2 aromatic heterocycles. The molecule has 0 saturated heterocycles. The topological polar surface area (TPSA) is 98.5 Å². The Labute approximate surface area is 182 Å². The minimum Gasteiger partial charge on any atom is -0.441 e. The number of aryl methyl sites for hydroxylation is 2. The number of nitrogens with zero attached hydrogens (tertiary/aromatic N) is 4. The van der Waals surface area contributed by atoms with Crippen LogP contribution in [-0.4, -0.2) is 31.5 Å². The van der Waals surface area contributed by atoms with E-state index in [1.165, 1.54) is 4.52 Å². The van der Waals surface area contributed by atoms with Gasteiger partial charge in [-0.3, -0.25) is 4.79 Å². The fourth-order valence-electron chi connectivity index (χ4n) is 2.93. The van der Waals surface area contributed by atoms with Gasteiger partial charge in [0.15, 0.2) is 0 Å². The van der Waals surface area contributed by atoms with E-state index in [4.69, 9.17) is 16.3 Å². The summed E-state index contributed by atoms with van der Waals surface area (Å²) >= 11 is 6.15. The molecule has 0 aliphatic carbocycles. The van der Waals surface area contributed by atoms with Crippen molar-refractivity contribution in [2.24, 2.45) is 0 Å². The molecule has 8 nitrogen and oxygen atoms in total. The van der Waals surface area contributed by atoms with Crippen molar-refractivity contribution in [2.75, 3.05) is 5.32 Å². The first-order valence-electron chi connectivity index (χ1n) is 9.43. The molecule has 4 aromatic rings. The zero-order valence-electron chi connectivity index (χ0n) is 16.7. The Balaban J connectivity index is 1.61. The fourth-order valence-corrected chi connectivity index (χ4v) is 3.11. The molecule has 1 atom stereocenters. The van der Waals surface area contributed by atoms with Crippen molar-refractivity contribution in [2.45, 2.75) is 20.0 Å². The second-order valence-corrected chi connectivity index (χ2v) is 7.29. The lowest BCUT2D eigenvalue weighted by Gasteiger charge is -2.17. The Morgan fingerprint density at radius 2 is 1.87 bits per heavy atom. The zero-order chi connectivity index (χ0) is 22.0. The van der Waals surface area contributed by atoms with E-state index in [0.29, 0.717) is 16.3 Å². The van der Waals surface area contributed by atoms with E-state index in [2.05, 4.69) is 20.4 Å². The van der Waals surface area contributed by atoms with Crippen LogP contribution in [0.2, 0.25) is 5.02 Å². The zero-order valence-corrected chi connectivity index (χ0v) is 17.5. The first-order chi connectivity index (χ1) is 14.9. The normalized spacial score (nSPS) is 11.8. The standard InChI is InChI=1S/C22H18ClN5O3/c1-13-8-9-16(12-17(13)23)25-20(29)18(15-6-4-3-5-7-15)31-21(30)19-26-22-24-11-10-14(2)28(22)27-19/h3-12,18H,1-2H3,(H,25,29). The molecule has 0 aliphatic heterocycles. The number of benzene rings is 2. The molecule has 0 bridgehead atoms. The predicted octanol–water partition coefficient (Wildman–Crippen LogP) is 3.93. The average molecular weight is 436 g/mol. The number of carbonyl (C=O) groups excluding carboxylic acids is 2. The summed E-state index contributed by atoms with van der Waals surface area (Å²) in [5.41, 5.74) is 2.63. The highest BCUT2D eigenvalue weighted by Gasteiger charge is 2.28. The Bertz CT molecular complexity index is 1270. The second kappa shape index (κ2) is 8.53. The molecule has 1 unspecified atom stereocenters. The maximum absolute atomic E-state index is 13.0. The molecule has 0 aliphatic rings. The second-order valence-electron chi connectivity index (χ2n) is 6.88.